The highest BCUT2D eigenvalue weighted by Crippen LogP contribution is 2.17. The second kappa shape index (κ2) is 5.92. The Labute approximate surface area is 118 Å². The molecule has 0 radical (unpaired) electrons. The number of rotatable bonds is 4. The third-order valence-electron chi connectivity index (χ3n) is 3.49. The predicted molar refractivity (Wildman–Crippen MR) is 74.2 cm³/mol. The summed E-state index contributed by atoms with van der Waals surface area (Å²) >= 11 is 0. The van der Waals surface area contributed by atoms with Crippen molar-refractivity contribution in [3.8, 4) is 0 Å². The van der Waals surface area contributed by atoms with Gasteiger partial charge in [0, 0.05) is 13.1 Å². The fraction of sp³-hybridized carbons (Fsp3) is 0.312. The zero-order chi connectivity index (χ0) is 13.8. The van der Waals surface area contributed by atoms with E-state index in [9.17, 15) is 4.79 Å². The fourth-order valence-corrected chi connectivity index (χ4v) is 2.39. The number of carbonyl (C=O) groups excluding carboxylic acids is 1. The molecule has 1 amide bonds. The summed E-state index contributed by atoms with van der Waals surface area (Å²) in [5.41, 5.74) is 1.16. The van der Waals surface area contributed by atoms with Crippen LogP contribution in [0.25, 0.3) is 0 Å². The first-order valence-electron chi connectivity index (χ1n) is 6.81. The molecule has 4 heteroatoms. The molecule has 1 atom stereocenters. The number of benzene rings is 1. The molecular formula is C16H17NO3. The quantitative estimate of drug-likeness (QED) is 0.858. The van der Waals surface area contributed by atoms with E-state index in [1.54, 1.807) is 17.0 Å². The van der Waals surface area contributed by atoms with E-state index in [1.165, 1.54) is 6.26 Å². The Bertz CT molecular complexity index is 550. The molecular weight excluding hydrogens is 254 g/mol. The Kier molecular flexibility index (Phi) is 3.83. The van der Waals surface area contributed by atoms with Crippen molar-refractivity contribution in [2.45, 2.75) is 19.1 Å². The lowest BCUT2D eigenvalue weighted by Crippen LogP contribution is -2.29. The van der Waals surface area contributed by atoms with E-state index in [-0.39, 0.29) is 12.0 Å². The lowest BCUT2D eigenvalue weighted by Gasteiger charge is -2.15. The first-order chi connectivity index (χ1) is 9.83. The van der Waals surface area contributed by atoms with Gasteiger partial charge in [0.1, 0.15) is 0 Å². The van der Waals surface area contributed by atoms with Gasteiger partial charge in [0.2, 0.25) is 0 Å². The molecule has 0 aliphatic carbocycles. The lowest BCUT2D eigenvalue weighted by atomic mass is 10.2. The third-order valence-corrected chi connectivity index (χ3v) is 3.49. The molecule has 0 N–H and O–H groups in total. The summed E-state index contributed by atoms with van der Waals surface area (Å²) in [5.74, 6) is 0.342. The highest BCUT2D eigenvalue weighted by atomic mass is 16.5. The molecule has 0 saturated carbocycles. The Morgan fingerprint density at radius 3 is 2.85 bits per heavy atom. The van der Waals surface area contributed by atoms with Crippen LogP contribution < -0.4 is 0 Å². The van der Waals surface area contributed by atoms with Crippen LogP contribution in [0.5, 0.6) is 0 Å². The van der Waals surface area contributed by atoms with Crippen LogP contribution in [0.1, 0.15) is 22.5 Å². The maximum Gasteiger partial charge on any atom is 0.289 e. The van der Waals surface area contributed by atoms with Crippen molar-refractivity contribution in [1.29, 1.82) is 0 Å². The summed E-state index contributed by atoms with van der Waals surface area (Å²) in [5, 5.41) is 0. The van der Waals surface area contributed by atoms with Gasteiger partial charge < -0.3 is 14.1 Å². The van der Waals surface area contributed by atoms with Gasteiger partial charge in [-0.15, -0.1) is 0 Å². The summed E-state index contributed by atoms with van der Waals surface area (Å²) in [6.45, 7) is 1.94. The molecule has 4 nitrogen and oxygen atoms in total. The number of furan rings is 1. The van der Waals surface area contributed by atoms with Gasteiger partial charge >= 0.3 is 0 Å². The van der Waals surface area contributed by atoms with Gasteiger partial charge in [-0.3, -0.25) is 4.79 Å². The van der Waals surface area contributed by atoms with Crippen LogP contribution in [0, 0.1) is 0 Å². The second-order valence-electron chi connectivity index (χ2n) is 4.94. The van der Waals surface area contributed by atoms with E-state index in [4.69, 9.17) is 9.15 Å². The van der Waals surface area contributed by atoms with Crippen molar-refractivity contribution in [1.82, 2.24) is 4.90 Å². The van der Waals surface area contributed by atoms with Gasteiger partial charge in [-0.05, 0) is 24.1 Å². The second-order valence-corrected chi connectivity index (χ2v) is 4.94. The number of nitrogens with zero attached hydrogens (tertiary/aromatic N) is 1. The number of likely N-dealkylation sites (tertiary alicyclic amines) is 1. The molecule has 1 unspecified atom stereocenters. The maximum atomic E-state index is 12.1. The number of hydrogen-bond acceptors (Lipinski definition) is 3. The zero-order valence-electron chi connectivity index (χ0n) is 11.2. The minimum absolute atomic E-state index is 0.0548. The van der Waals surface area contributed by atoms with Gasteiger partial charge in [-0.2, -0.15) is 0 Å². The molecule has 1 aliphatic heterocycles. The van der Waals surface area contributed by atoms with Gasteiger partial charge in [-0.25, -0.2) is 0 Å². The molecule has 1 aliphatic rings. The Morgan fingerprint density at radius 2 is 2.10 bits per heavy atom. The van der Waals surface area contributed by atoms with Gasteiger partial charge in [-0.1, -0.05) is 30.3 Å². The molecule has 104 valence electrons. The van der Waals surface area contributed by atoms with Crippen LogP contribution in [-0.4, -0.2) is 30.0 Å². The predicted octanol–water partition coefficient (Wildman–Crippen LogP) is 2.71. The molecule has 3 rings (SSSR count). The highest BCUT2D eigenvalue weighted by molar-refractivity contribution is 5.91. The minimum Gasteiger partial charge on any atom is -0.459 e. The van der Waals surface area contributed by atoms with Crippen molar-refractivity contribution in [2.75, 3.05) is 13.1 Å². The Balaban J connectivity index is 1.51. The molecule has 1 aromatic carbocycles. The minimum atomic E-state index is -0.0548. The van der Waals surface area contributed by atoms with Gasteiger partial charge in [0.25, 0.3) is 5.91 Å². The highest BCUT2D eigenvalue weighted by Gasteiger charge is 2.28. The average molecular weight is 271 g/mol. The largest absolute Gasteiger partial charge is 0.459 e. The van der Waals surface area contributed by atoms with E-state index in [2.05, 4.69) is 0 Å². The summed E-state index contributed by atoms with van der Waals surface area (Å²) in [6.07, 6.45) is 2.50. The Morgan fingerprint density at radius 1 is 1.25 bits per heavy atom. The van der Waals surface area contributed by atoms with Crippen LogP contribution in [0.15, 0.2) is 53.1 Å². The fourth-order valence-electron chi connectivity index (χ4n) is 2.39. The molecule has 0 bridgehead atoms. The van der Waals surface area contributed by atoms with Crippen LogP contribution in [-0.2, 0) is 11.3 Å². The lowest BCUT2D eigenvalue weighted by molar-refractivity contribution is 0.0430. The van der Waals surface area contributed by atoms with Crippen LogP contribution in [0.2, 0.25) is 0 Å². The van der Waals surface area contributed by atoms with Gasteiger partial charge in [0.15, 0.2) is 5.76 Å². The van der Waals surface area contributed by atoms with E-state index in [0.717, 1.165) is 18.5 Å². The van der Waals surface area contributed by atoms with E-state index >= 15 is 0 Å². The van der Waals surface area contributed by atoms with Crippen molar-refractivity contribution in [3.63, 3.8) is 0 Å². The molecule has 1 aromatic heterocycles. The van der Waals surface area contributed by atoms with Crippen LogP contribution in [0.3, 0.4) is 0 Å². The zero-order valence-corrected chi connectivity index (χ0v) is 11.2. The molecule has 2 aromatic rings. The molecule has 20 heavy (non-hydrogen) atoms. The summed E-state index contributed by atoms with van der Waals surface area (Å²) < 4.78 is 11.0. The van der Waals surface area contributed by atoms with Crippen molar-refractivity contribution >= 4 is 5.91 Å². The summed E-state index contributed by atoms with van der Waals surface area (Å²) in [7, 11) is 0. The smallest absolute Gasteiger partial charge is 0.289 e. The summed E-state index contributed by atoms with van der Waals surface area (Å²) in [4.78, 5) is 13.9. The van der Waals surface area contributed by atoms with Crippen LogP contribution >= 0.6 is 0 Å². The first kappa shape index (κ1) is 12.9. The Hall–Kier alpha value is -2.07. The van der Waals surface area contributed by atoms with Crippen LogP contribution in [0.4, 0.5) is 0 Å². The normalized spacial score (nSPS) is 18.4. The number of hydrogen-bond donors (Lipinski definition) is 0. The molecule has 1 fully saturated rings. The van der Waals surface area contributed by atoms with Crippen molar-refractivity contribution < 1.29 is 13.9 Å². The molecule has 1 saturated heterocycles. The average Bonchev–Trinajstić information content (AvgIpc) is 3.17. The SMILES string of the molecule is O=C(c1ccco1)N1CCC(OCc2ccccc2)C1. The standard InChI is InChI=1S/C16H17NO3/c18-16(15-7-4-10-19-15)17-9-8-14(11-17)20-12-13-5-2-1-3-6-13/h1-7,10,14H,8-9,11-12H2. The topological polar surface area (TPSA) is 42.7 Å². The number of amides is 1. The van der Waals surface area contributed by atoms with Gasteiger partial charge in [0.05, 0.1) is 19.0 Å². The number of carbonyl (C=O) groups is 1. The van der Waals surface area contributed by atoms with E-state index < -0.39 is 0 Å². The molecule has 0 spiro atoms. The third kappa shape index (κ3) is 2.91. The maximum absolute atomic E-state index is 12.1. The van der Waals surface area contributed by atoms with Crippen molar-refractivity contribution in [2.24, 2.45) is 0 Å². The summed E-state index contributed by atoms with van der Waals surface area (Å²) in [6, 6.07) is 13.5. The monoisotopic (exact) mass is 271 g/mol. The number of ether oxygens (including phenoxy) is 1. The van der Waals surface area contributed by atoms with E-state index in [1.807, 2.05) is 30.3 Å². The van der Waals surface area contributed by atoms with Crippen molar-refractivity contribution in [3.05, 3.63) is 60.1 Å². The van der Waals surface area contributed by atoms with E-state index in [0.29, 0.717) is 18.9 Å². The first-order valence-corrected chi connectivity index (χ1v) is 6.81. The molecule has 2 heterocycles.